The first-order chi connectivity index (χ1) is 18.7. The normalized spacial score (nSPS) is 13.1. The van der Waals surface area contributed by atoms with E-state index in [2.05, 4.69) is 4.72 Å². The molecule has 5 rings (SSSR count). The van der Waals surface area contributed by atoms with Gasteiger partial charge in [0, 0.05) is 19.6 Å². The van der Waals surface area contributed by atoms with Crippen molar-refractivity contribution in [1.29, 1.82) is 0 Å². The zero-order valence-corrected chi connectivity index (χ0v) is 22.9. The quantitative estimate of drug-likeness (QED) is 0.302. The molecular weight excluding hydrogens is 536 g/mol. The van der Waals surface area contributed by atoms with E-state index in [-0.39, 0.29) is 36.2 Å². The summed E-state index contributed by atoms with van der Waals surface area (Å²) in [5.41, 5.74) is 3.45. The van der Waals surface area contributed by atoms with E-state index in [4.69, 9.17) is 9.47 Å². The van der Waals surface area contributed by atoms with E-state index in [0.717, 1.165) is 22.3 Å². The summed E-state index contributed by atoms with van der Waals surface area (Å²) < 4.78 is 68.0. The smallest absolute Gasteiger partial charge is 0.243 e. The Bertz CT molecular complexity index is 1660. The molecule has 0 spiro atoms. The number of nitrogens with one attached hydrogen (secondary N) is 1. The van der Waals surface area contributed by atoms with E-state index in [9.17, 15) is 16.8 Å². The molecule has 0 amide bonds. The molecule has 0 saturated heterocycles. The van der Waals surface area contributed by atoms with Gasteiger partial charge in [0.05, 0.1) is 9.79 Å². The van der Waals surface area contributed by atoms with E-state index in [1.54, 1.807) is 18.2 Å². The molecule has 1 N–H and O–H groups in total. The number of hydrogen-bond donors (Lipinski definition) is 1. The highest BCUT2D eigenvalue weighted by atomic mass is 32.2. The molecule has 4 aromatic rings. The summed E-state index contributed by atoms with van der Waals surface area (Å²) in [5, 5.41) is 0. The van der Waals surface area contributed by atoms with Crippen molar-refractivity contribution >= 4 is 20.0 Å². The number of sulfonamides is 2. The molecule has 0 radical (unpaired) electrons. The lowest BCUT2D eigenvalue weighted by Crippen LogP contribution is -2.30. The molecule has 0 atom stereocenters. The van der Waals surface area contributed by atoms with Gasteiger partial charge in [0.2, 0.25) is 26.8 Å². The van der Waals surface area contributed by atoms with E-state index in [1.807, 2.05) is 61.5 Å². The number of fused-ring (bicyclic) bond motifs is 1. The first-order valence-electron chi connectivity index (χ1n) is 12.3. The molecule has 10 heteroatoms. The lowest BCUT2D eigenvalue weighted by molar-refractivity contribution is 0.174. The van der Waals surface area contributed by atoms with Crippen LogP contribution in [0.4, 0.5) is 0 Å². The average Bonchev–Trinajstić information content (AvgIpc) is 3.41. The largest absolute Gasteiger partial charge is 0.454 e. The van der Waals surface area contributed by atoms with Crippen LogP contribution < -0.4 is 14.2 Å². The highest BCUT2D eigenvalue weighted by Gasteiger charge is 2.27. The maximum atomic E-state index is 13.8. The van der Waals surface area contributed by atoms with Gasteiger partial charge in [-0.2, -0.15) is 4.31 Å². The Kier molecular flexibility index (Phi) is 7.72. The Morgan fingerprint density at radius 3 is 2.03 bits per heavy atom. The summed E-state index contributed by atoms with van der Waals surface area (Å²) in [7, 11) is -7.83. The van der Waals surface area contributed by atoms with Crippen LogP contribution in [0.2, 0.25) is 0 Å². The molecule has 0 saturated carbocycles. The van der Waals surface area contributed by atoms with Crippen molar-refractivity contribution < 1.29 is 26.3 Å². The van der Waals surface area contributed by atoms with Crippen molar-refractivity contribution in [3.63, 3.8) is 0 Å². The maximum absolute atomic E-state index is 13.8. The molecule has 1 heterocycles. The zero-order valence-electron chi connectivity index (χ0n) is 21.3. The van der Waals surface area contributed by atoms with Crippen LogP contribution in [0.1, 0.15) is 22.3 Å². The Morgan fingerprint density at radius 1 is 0.692 bits per heavy atom. The first-order valence-corrected chi connectivity index (χ1v) is 15.2. The Hall–Kier alpha value is -3.70. The van der Waals surface area contributed by atoms with Crippen molar-refractivity contribution in [2.75, 3.05) is 6.79 Å². The van der Waals surface area contributed by atoms with Gasteiger partial charge in [0.1, 0.15) is 0 Å². The molecule has 1 aliphatic rings. The topological polar surface area (TPSA) is 102 Å². The first kappa shape index (κ1) is 26.9. The van der Waals surface area contributed by atoms with Crippen LogP contribution in [-0.4, -0.2) is 27.9 Å². The predicted octanol–water partition coefficient (Wildman–Crippen LogP) is 4.59. The number of benzene rings is 4. The minimum atomic E-state index is -3.99. The van der Waals surface area contributed by atoms with Crippen LogP contribution in [0.25, 0.3) is 0 Å². The molecule has 0 bridgehead atoms. The number of nitrogens with zero attached hydrogens (tertiary/aromatic N) is 1. The van der Waals surface area contributed by atoms with E-state index in [0.29, 0.717) is 11.5 Å². The third kappa shape index (κ3) is 6.31. The predicted molar refractivity (Wildman–Crippen MR) is 147 cm³/mol. The van der Waals surface area contributed by atoms with Crippen LogP contribution in [0.5, 0.6) is 11.5 Å². The highest BCUT2D eigenvalue weighted by molar-refractivity contribution is 7.89. The number of hydrogen-bond acceptors (Lipinski definition) is 6. The molecular formula is C29H28N2O6S2. The van der Waals surface area contributed by atoms with Crippen LogP contribution in [0.15, 0.2) is 107 Å². The van der Waals surface area contributed by atoms with E-state index < -0.39 is 20.0 Å². The third-order valence-corrected chi connectivity index (χ3v) is 9.58. The molecule has 0 aromatic heterocycles. The number of aryl methyl sites for hydroxylation is 1. The van der Waals surface area contributed by atoms with Crippen molar-refractivity contribution in [3.8, 4) is 11.5 Å². The second kappa shape index (κ2) is 11.2. The SMILES string of the molecule is Cc1ccc(CN(Cc2ccc3c(c2)OCO3)S(=O)(=O)c2ccc(S(=O)(=O)NCc3ccccc3)cc2)cc1. The molecule has 0 fully saturated rings. The van der Waals surface area contributed by atoms with Gasteiger partial charge in [-0.05, 0) is 60.0 Å². The van der Waals surface area contributed by atoms with Crippen molar-refractivity contribution in [2.45, 2.75) is 36.3 Å². The lowest BCUT2D eigenvalue weighted by Gasteiger charge is -2.23. The van der Waals surface area contributed by atoms with Crippen molar-refractivity contribution in [3.05, 3.63) is 119 Å². The van der Waals surface area contributed by atoms with Crippen molar-refractivity contribution in [1.82, 2.24) is 9.03 Å². The zero-order chi connectivity index (χ0) is 27.5. The number of rotatable bonds is 10. The molecule has 1 aliphatic heterocycles. The van der Waals surface area contributed by atoms with Gasteiger partial charge in [0.25, 0.3) is 0 Å². The van der Waals surface area contributed by atoms with Crippen LogP contribution in [-0.2, 0) is 39.7 Å². The van der Waals surface area contributed by atoms with Gasteiger partial charge in [-0.3, -0.25) is 0 Å². The Labute approximate surface area is 228 Å². The summed E-state index contributed by atoms with van der Waals surface area (Å²) in [6.45, 7) is 2.44. The maximum Gasteiger partial charge on any atom is 0.243 e. The van der Waals surface area contributed by atoms with Crippen LogP contribution in [0.3, 0.4) is 0 Å². The molecule has 4 aromatic carbocycles. The summed E-state index contributed by atoms with van der Waals surface area (Å²) in [4.78, 5) is -0.0180. The molecule has 8 nitrogen and oxygen atoms in total. The van der Waals surface area contributed by atoms with Gasteiger partial charge in [-0.15, -0.1) is 0 Å². The summed E-state index contributed by atoms with van der Waals surface area (Å²) in [6, 6.07) is 27.4. The fourth-order valence-electron chi connectivity index (χ4n) is 4.16. The third-order valence-electron chi connectivity index (χ3n) is 6.36. The molecule has 202 valence electrons. The molecule has 0 aliphatic carbocycles. The monoisotopic (exact) mass is 564 g/mol. The fourth-order valence-corrected chi connectivity index (χ4v) is 6.60. The van der Waals surface area contributed by atoms with E-state index >= 15 is 0 Å². The van der Waals surface area contributed by atoms with Gasteiger partial charge >= 0.3 is 0 Å². The molecule has 0 unspecified atom stereocenters. The van der Waals surface area contributed by atoms with Gasteiger partial charge in [0.15, 0.2) is 11.5 Å². The Morgan fingerprint density at radius 2 is 1.31 bits per heavy atom. The second-order valence-corrected chi connectivity index (χ2v) is 12.9. The molecule has 39 heavy (non-hydrogen) atoms. The minimum absolute atomic E-state index is 0.00244. The Balaban J connectivity index is 1.39. The summed E-state index contributed by atoms with van der Waals surface area (Å²) in [5.74, 6) is 1.18. The minimum Gasteiger partial charge on any atom is -0.454 e. The van der Waals surface area contributed by atoms with Gasteiger partial charge < -0.3 is 9.47 Å². The van der Waals surface area contributed by atoms with Crippen LogP contribution in [0, 0.1) is 6.92 Å². The van der Waals surface area contributed by atoms with Crippen molar-refractivity contribution in [2.24, 2.45) is 0 Å². The average molecular weight is 565 g/mol. The second-order valence-electron chi connectivity index (χ2n) is 9.23. The fraction of sp³-hybridized carbons (Fsp3) is 0.172. The standard InChI is InChI=1S/C29H28N2O6S2/c1-22-7-9-24(10-8-22)19-31(20-25-11-16-28-29(17-25)37-21-36-28)39(34,35)27-14-12-26(13-15-27)38(32,33)30-18-23-5-3-2-4-6-23/h2-17,30H,18-21H2,1H3. The number of ether oxygens (including phenoxy) is 2. The lowest BCUT2D eigenvalue weighted by atomic mass is 10.1. The van der Waals surface area contributed by atoms with Gasteiger partial charge in [-0.1, -0.05) is 66.2 Å². The highest BCUT2D eigenvalue weighted by Crippen LogP contribution is 2.33. The van der Waals surface area contributed by atoms with Crippen LogP contribution >= 0.6 is 0 Å². The van der Waals surface area contributed by atoms with Gasteiger partial charge in [-0.25, -0.2) is 21.6 Å². The van der Waals surface area contributed by atoms with E-state index in [1.165, 1.54) is 28.6 Å². The summed E-state index contributed by atoms with van der Waals surface area (Å²) >= 11 is 0. The summed E-state index contributed by atoms with van der Waals surface area (Å²) in [6.07, 6.45) is 0.